The van der Waals surface area contributed by atoms with E-state index in [1.54, 1.807) is 17.0 Å². The molecule has 1 saturated heterocycles. The van der Waals surface area contributed by atoms with Crippen LogP contribution >= 0.6 is 10.5 Å². The Morgan fingerprint density at radius 2 is 1.69 bits per heavy atom. The van der Waals surface area contributed by atoms with Crippen molar-refractivity contribution in [1.29, 1.82) is 0 Å². The number of rotatable bonds is 16. The molecule has 1 fully saturated rings. The van der Waals surface area contributed by atoms with Gasteiger partial charge in [-0.25, -0.2) is 0 Å². The van der Waals surface area contributed by atoms with E-state index in [4.69, 9.17) is 14.1 Å². The number of carbonyl (C=O) groups excluding carboxylic acids is 2. The summed E-state index contributed by atoms with van der Waals surface area (Å²) >= 11 is -3.05. The van der Waals surface area contributed by atoms with Gasteiger partial charge in [0.2, 0.25) is 0 Å². The van der Waals surface area contributed by atoms with Crippen LogP contribution in [0.2, 0.25) is 26.4 Å². The van der Waals surface area contributed by atoms with Crippen molar-refractivity contribution in [2.24, 2.45) is 11.3 Å². The third-order valence-electron chi connectivity index (χ3n) is 10.2. The number of ether oxygens (including phenoxy) is 1. The van der Waals surface area contributed by atoms with Crippen molar-refractivity contribution in [2.45, 2.75) is 130 Å². The second-order valence-corrected chi connectivity index (χ2v) is 33.2. The van der Waals surface area contributed by atoms with Gasteiger partial charge in [-0.3, -0.25) is 10.1 Å². The standard InChI is InChI=1S/C24H29N4O6SSi.3C4H9.Sn/c1-23(2,3)18-12-24(34-36(4)5,20-21-26(15-25-20)10-11-35(21)16-29)27(13-18)22(30)33-14-17-6-8-19(9-7-17)28(31)32;3*1-3-4-2;/h6-10,15,18,36H,12-14H2,1-5H3;3*1,3-4H2,2H3;/t18-,24-,35?;;;;/m0..../s1. The maximum atomic E-state index is 14.2. The number of unbranched alkanes of at least 4 members (excludes halogenated alkanes) is 3. The predicted molar refractivity (Wildman–Crippen MR) is 202 cm³/mol. The Hall–Kier alpha value is -2.25. The second kappa shape index (κ2) is 16.8. The Balaban J connectivity index is 1.80. The molecular weight excluding hydrogens is 763 g/mol. The maximum absolute atomic E-state index is 14.2. The molecule has 10 nitrogen and oxygen atoms in total. The fourth-order valence-electron chi connectivity index (χ4n) is 7.32. The van der Waals surface area contributed by atoms with Crippen LogP contribution in [0, 0.1) is 21.4 Å². The third-order valence-corrected chi connectivity index (χ3v) is 31.8. The van der Waals surface area contributed by atoms with Gasteiger partial charge in [0.15, 0.2) is 0 Å². The molecule has 0 radical (unpaired) electrons. The van der Waals surface area contributed by atoms with Crippen LogP contribution in [-0.2, 0) is 26.3 Å². The molecule has 1 unspecified atom stereocenters. The average Bonchev–Trinajstić information content (AvgIpc) is 3.76. The van der Waals surface area contributed by atoms with Gasteiger partial charge in [-0.05, 0) is 0 Å². The zero-order valence-electron chi connectivity index (χ0n) is 30.8. The Kier molecular flexibility index (Phi) is 13.6. The van der Waals surface area contributed by atoms with E-state index >= 15 is 0 Å². The summed E-state index contributed by atoms with van der Waals surface area (Å²) < 4.78 is 20.1. The first-order valence-corrected chi connectivity index (χ1v) is 29.5. The normalized spacial score (nSPS) is 20.8. The van der Waals surface area contributed by atoms with Crippen LogP contribution in [0.25, 0.3) is 6.20 Å². The van der Waals surface area contributed by atoms with Crippen LogP contribution in [0.15, 0.2) is 38.5 Å². The molecule has 2 aromatic rings. The topological polar surface area (TPSA) is 117 Å². The number of amides is 1. The number of likely N-dealkylation sites (tertiary alicyclic amines) is 1. The van der Waals surface area contributed by atoms with Crippen molar-refractivity contribution in [2.75, 3.05) is 6.54 Å². The van der Waals surface area contributed by atoms with Crippen molar-refractivity contribution >= 4 is 61.1 Å². The zero-order valence-corrected chi connectivity index (χ0v) is 35.6. The van der Waals surface area contributed by atoms with Crippen LogP contribution in [0.3, 0.4) is 0 Å². The van der Waals surface area contributed by atoms with E-state index in [-0.39, 0.29) is 23.6 Å². The molecule has 0 saturated carbocycles. The van der Waals surface area contributed by atoms with Gasteiger partial charge >= 0.3 is 282 Å². The van der Waals surface area contributed by atoms with Crippen LogP contribution in [0.1, 0.15) is 97.7 Å². The molecule has 1 aromatic carbocycles. The fourth-order valence-corrected chi connectivity index (χ4v) is 31.4. The van der Waals surface area contributed by atoms with E-state index < -0.39 is 54.6 Å². The minimum atomic E-state index is -3.05. The van der Waals surface area contributed by atoms with E-state index in [2.05, 4.69) is 70.6 Å². The number of carbonyl (C=O) groups is 1. The zero-order chi connectivity index (χ0) is 36.0. The summed E-state index contributed by atoms with van der Waals surface area (Å²) in [5, 5.41) is 14.5. The number of aromatic nitrogens is 2. The summed E-state index contributed by atoms with van der Waals surface area (Å²) in [5.41, 5.74) is -0.0527. The number of nitro groups is 1. The van der Waals surface area contributed by atoms with E-state index in [0.29, 0.717) is 24.2 Å². The van der Waals surface area contributed by atoms with Gasteiger partial charge in [0.05, 0.1) is 4.92 Å². The molecule has 0 bridgehead atoms. The van der Waals surface area contributed by atoms with E-state index in [1.807, 2.05) is 6.33 Å². The van der Waals surface area contributed by atoms with Gasteiger partial charge in [-0.2, -0.15) is 0 Å². The molecule has 2 aliphatic heterocycles. The monoisotopic (exact) mass is 820 g/mol. The molecule has 0 aliphatic carbocycles. The Morgan fingerprint density at radius 1 is 1.10 bits per heavy atom. The SMILES string of the molecule is CCC[CH2][Sn]([CH2]CCC)([CH2]CCC)[C]1=Cn2cnc([C@@]3(O[SiH](C)C)C[C@H](C(C)(C)C)CN3C(=O)OCc3ccc([N+](=O)[O-])cc3)c2S1=C=O. The molecule has 3 heterocycles. The Bertz CT molecular complexity index is 1540. The molecule has 2 aliphatic rings. The van der Waals surface area contributed by atoms with Gasteiger partial charge in [0, 0.05) is 0 Å². The van der Waals surface area contributed by atoms with Crippen molar-refractivity contribution in [3.8, 4) is 0 Å². The third kappa shape index (κ3) is 8.63. The summed E-state index contributed by atoms with van der Waals surface area (Å²) in [6, 6.07) is 6.03. The first-order valence-electron chi connectivity index (χ1n) is 18.0. The van der Waals surface area contributed by atoms with Crippen molar-refractivity contribution < 1.29 is 23.7 Å². The number of non-ortho nitro benzene ring substituents is 1. The molecule has 1 amide bonds. The van der Waals surface area contributed by atoms with Crippen molar-refractivity contribution in [3.63, 3.8) is 0 Å². The van der Waals surface area contributed by atoms with Crippen molar-refractivity contribution in [1.82, 2.24) is 14.5 Å². The molecule has 0 N–H and O–H groups in total. The first-order chi connectivity index (χ1) is 23.3. The molecule has 270 valence electrons. The summed E-state index contributed by atoms with van der Waals surface area (Å²) in [7, 11) is -2.70. The van der Waals surface area contributed by atoms with Gasteiger partial charge < -0.3 is 0 Å². The predicted octanol–water partition coefficient (Wildman–Crippen LogP) is 9.54. The fraction of sp³-hybridized carbons (Fsp3) is 0.639. The quantitative estimate of drug-likeness (QED) is 0.0717. The van der Waals surface area contributed by atoms with Crippen LogP contribution in [-0.4, -0.2) is 64.7 Å². The molecule has 3 atom stereocenters. The number of nitrogens with zero attached hydrogens (tertiary/aromatic N) is 4. The molecule has 1 aromatic heterocycles. The van der Waals surface area contributed by atoms with Gasteiger partial charge in [-0.1, -0.05) is 0 Å². The van der Waals surface area contributed by atoms with Gasteiger partial charge in [0.25, 0.3) is 5.69 Å². The van der Waals surface area contributed by atoms with Crippen LogP contribution in [0.5, 0.6) is 0 Å². The second-order valence-electron chi connectivity index (χ2n) is 15.1. The number of benzene rings is 1. The molecule has 49 heavy (non-hydrogen) atoms. The van der Waals surface area contributed by atoms with Gasteiger partial charge in [0.1, 0.15) is 0 Å². The number of imidazole rings is 1. The molecule has 4 rings (SSSR count). The number of hydrogen-bond acceptors (Lipinski definition) is 7. The van der Waals surface area contributed by atoms with Crippen molar-refractivity contribution in [3.05, 3.63) is 54.9 Å². The molecular formula is C36H56N4O6SSiSn. The van der Waals surface area contributed by atoms with E-state index in [9.17, 15) is 19.7 Å². The molecule has 13 heteroatoms. The van der Waals surface area contributed by atoms with Crippen LogP contribution < -0.4 is 0 Å². The summed E-state index contributed by atoms with van der Waals surface area (Å²) in [5.74, 6) is 0.0808. The summed E-state index contributed by atoms with van der Waals surface area (Å²) in [4.78, 5) is 44.9. The minimum absolute atomic E-state index is 0.0198. The van der Waals surface area contributed by atoms with E-state index in [0.717, 1.165) is 24.3 Å². The summed E-state index contributed by atoms with van der Waals surface area (Å²) in [6.07, 6.45) is 11.1. The Labute approximate surface area is 300 Å². The summed E-state index contributed by atoms with van der Waals surface area (Å²) in [6.45, 7) is 17.9. The number of nitro benzene ring substituents is 1. The number of fused-ring (bicyclic) bond motifs is 1. The first kappa shape index (κ1) is 39.5. The Morgan fingerprint density at radius 3 is 2.18 bits per heavy atom. The van der Waals surface area contributed by atoms with Gasteiger partial charge in [-0.15, -0.1) is 0 Å². The van der Waals surface area contributed by atoms with E-state index in [1.165, 1.54) is 47.6 Å². The molecule has 0 spiro atoms. The van der Waals surface area contributed by atoms with Crippen LogP contribution in [0.4, 0.5) is 10.5 Å². The number of hydrogen-bond donors (Lipinski definition) is 0. The average molecular weight is 820 g/mol.